The predicted molar refractivity (Wildman–Crippen MR) is 104 cm³/mol. The van der Waals surface area contributed by atoms with Gasteiger partial charge in [0.05, 0.1) is 11.6 Å². The molecule has 4 aromatic rings. The number of aromatic amines is 2. The van der Waals surface area contributed by atoms with Crippen LogP contribution in [0.25, 0.3) is 10.9 Å². The van der Waals surface area contributed by atoms with E-state index in [0.29, 0.717) is 12.1 Å². The van der Waals surface area contributed by atoms with Crippen molar-refractivity contribution in [3.05, 3.63) is 88.9 Å². The van der Waals surface area contributed by atoms with Crippen LogP contribution in [0, 0.1) is 0 Å². The Hall–Kier alpha value is -3.06. The topological polar surface area (TPSA) is 47.7 Å². The summed E-state index contributed by atoms with van der Waals surface area (Å²) in [6.07, 6.45) is -1.85. The van der Waals surface area contributed by atoms with E-state index >= 15 is 0 Å². The van der Waals surface area contributed by atoms with Gasteiger partial charge in [-0.3, -0.25) is 10.00 Å². The van der Waals surface area contributed by atoms with E-state index in [4.69, 9.17) is 0 Å². The second-order valence-electron chi connectivity index (χ2n) is 7.39. The third-order valence-electron chi connectivity index (χ3n) is 5.60. The Bertz CT molecular complexity index is 1140. The molecule has 0 saturated carbocycles. The lowest BCUT2D eigenvalue weighted by Crippen LogP contribution is -2.35. The molecule has 29 heavy (non-hydrogen) atoms. The van der Waals surface area contributed by atoms with Crippen LogP contribution < -0.4 is 0 Å². The van der Waals surface area contributed by atoms with Crippen molar-refractivity contribution in [1.29, 1.82) is 0 Å². The minimum atomic E-state index is -4.37. The Labute approximate surface area is 165 Å². The largest absolute Gasteiger partial charge is 0.416 e. The Morgan fingerprint density at radius 3 is 2.72 bits per heavy atom. The molecule has 1 atom stereocenters. The van der Waals surface area contributed by atoms with Crippen molar-refractivity contribution in [3.63, 3.8) is 0 Å². The number of nitrogens with one attached hydrogen (secondary N) is 2. The summed E-state index contributed by atoms with van der Waals surface area (Å²) in [5.41, 5.74) is 4.10. The number of H-pyrrole nitrogens is 2. The third kappa shape index (κ3) is 3.21. The van der Waals surface area contributed by atoms with Crippen LogP contribution >= 0.6 is 0 Å². The zero-order valence-electron chi connectivity index (χ0n) is 15.5. The van der Waals surface area contributed by atoms with Crippen LogP contribution in [-0.4, -0.2) is 26.6 Å². The number of rotatable bonds is 3. The summed E-state index contributed by atoms with van der Waals surface area (Å²) in [5, 5.41) is 8.10. The molecule has 2 N–H and O–H groups in total. The monoisotopic (exact) mass is 396 g/mol. The molecule has 1 aliphatic heterocycles. The lowest BCUT2D eigenvalue weighted by Gasteiger charge is -2.36. The molecule has 148 valence electrons. The molecule has 1 aliphatic rings. The van der Waals surface area contributed by atoms with E-state index in [2.05, 4.69) is 26.1 Å². The van der Waals surface area contributed by atoms with Gasteiger partial charge in [-0.2, -0.15) is 18.3 Å². The van der Waals surface area contributed by atoms with Gasteiger partial charge in [-0.1, -0.05) is 30.3 Å². The molecule has 3 heterocycles. The van der Waals surface area contributed by atoms with Crippen LogP contribution in [0.15, 0.2) is 60.8 Å². The second-order valence-corrected chi connectivity index (χ2v) is 7.39. The number of fused-ring (bicyclic) bond motifs is 3. The zero-order chi connectivity index (χ0) is 20.0. The number of alkyl halides is 3. The van der Waals surface area contributed by atoms with Gasteiger partial charge in [-0.05, 0) is 41.8 Å². The van der Waals surface area contributed by atoms with Gasteiger partial charge < -0.3 is 4.98 Å². The number of para-hydroxylation sites is 1. The summed E-state index contributed by atoms with van der Waals surface area (Å²) in [6.45, 7) is 1.32. The fourth-order valence-electron chi connectivity index (χ4n) is 4.32. The number of aromatic nitrogens is 3. The number of hydrogen-bond acceptors (Lipinski definition) is 2. The van der Waals surface area contributed by atoms with Crippen LogP contribution in [0.3, 0.4) is 0 Å². The van der Waals surface area contributed by atoms with Gasteiger partial charge in [-0.15, -0.1) is 0 Å². The Kier molecular flexibility index (Phi) is 4.20. The average Bonchev–Trinajstić information content (AvgIpc) is 3.34. The van der Waals surface area contributed by atoms with Crippen molar-refractivity contribution in [1.82, 2.24) is 20.1 Å². The smallest absolute Gasteiger partial charge is 0.357 e. The molecule has 2 aromatic heterocycles. The van der Waals surface area contributed by atoms with Crippen molar-refractivity contribution in [2.24, 2.45) is 0 Å². The van der Waals surface area contributed by atoms with Gasteiger partial charge in [0.25, 0.3) is 0 Å². The average molecular weight is 396 g/mol. The normalized spacial score (nSPS) is 17.6. The highest BCUT2D eigenvalue weighted by atomic mass is 19.4. The molecule has 0 aliphatic carbocycles. The van der Waals surface area contributed by atoms with Gasteiger partial charge in [-0.25, -0.2) is 0 Å². The van der Waals surface area contributed by atoms with E-state index in [9.17, 15) is 13.2 Å². The minimum Gasteiger partial charge on any atom is -0.357 e. The molecular weight excluding hydrogens is 377 g/mol. The fourth-order valence-corrected chi connectivity index (χ4v) is 4.32. The maximum atomic E-state index is 13.4. The molecule has 0 radical (unpaired) electrons. The fraction of sp³-hybridized carbons (Fsp3) is 0.227. The van der Waals surface area contributed by atoms with Crippen LogP contribution in [-0.2, 0) is 19.1 Å². The van der Waals surface area contributed by atoms with Crippen LogP contribution in [0.2, 0.25) is 0 Å². The first kappa shape index (κ1) is 18.0. The second kappa shape index (κ2) is 6.77. The van der Waals surface area contributed by atoms with Crippen LogP contribution in [0.4, 0.5) is 13.2 Å². The third-order valence-corrected chi connectivity index (χ3v) is 5.60. The van der Waals surface area contributed by atoms with E-state index in [1.807, 2.05) is 24.3 Å². The molecule has 5 rings (SSSR count). The summed E-state index contributed by atoms with van der Waals surface area (Å²) < 4.78 is 40.1. The SMILES string of the molecule is FC(F)(F)c1cccc([C@@H]2c3[nH]c4ccccc4c3CCN2Cc2ccn[nH]2)c1. The quantitative estimate of drug-likeness (QED) is 0.509. The highest BCUT2D eigenvalue weighted by Gasteiger charge is 2.35. The van der Waals surface area contributed by atoms with Gasteiger partial charge in [0.1, 0.15) is 0 Å². The number of benzene rings is 2. The standard InChI is InChI=1S/C22H19F3N4/c23-22(24,25)15-5-3-4-14(12-15)21-20-18(17-6-1-2-7-19(17)27-20)9-11-29(21)13-16-8-10-26-28-16/h1-8,10,12,21,27H,9,11,13H2,(H,26,28)/t21-/m1/s1. The van der Waals surface area contributed by atoms with Gasteiger partial charge in [0, 0.05) is 41.6 Å². The molecular formula is C22H19F3N4. The van der Waals surface area contributed by atoms with Crippen molar-refractivity contribution in [2.45, 2.75) is 25.2 Å². The Morgan fingerprint density at radius 2 is 1.93 bits per heavy atom. The van der Waals surface area contributed by atoms with Gasteiger partial charge in [0.15, 0.2) is 0 Å². The van der Waals surface area contributed by atoms with Crippen molar-refractivity contribution >= 4 is 10.9 Å². The van der Waals surface area contributed by atoms with E-state index in [0.717, 1.165) is 41.3 Å². The molecule has 0 amide bonds. The summed E-state index contributed by atoms with van der Waals surface area (Å²) in [7, 11) is 0. The van der Waals surface area contributed by atoms with Crippen molar-refractivity contribution < 1.29 is 13.2 Å². The molecule has 0 saturated heterocycles. The van der Waals surface area contributed by atoms with Crippen LogP contribution in [0.5, 0.6) is 0 Å². The van der Waals surface area contributed by atoms with Crippen molar-refractivity contribution in [3.8, 4) is 0 Å². The number of nitrogens with zero attached hydrogens (tertiary/aromatic N) is 2. The molecule has 0 unspecified atom stereocenters. The highest BCUT2D eigenvalue weighted by molar-refractivity contribution is 5.85. The molecule has 2 aromatic carbocycles. The summed E-state index contributed by atoms with van der Waals surface area (Å²) in [6, 6.07) is 15.3. The molecule has 0 spiro atoms. The maximum absolute atomic E-state index is 13.4. The van der Waals surface area contributed by atoms with E-state index in [-0.39, 0.29) is 6.04 Å². The molecule has 7 heteroatoms. The lowest BCUT2D eigenvalue weighted by molar-refractivity contribution is -0.137. The van der Waals surface area contributed by atoms with E-state index < -0.39 is 11.7 Å². The van der Waals surface area contributed by atoms with Crippen molar-refractivity contribution in [2.75, 3.05) is 6.54 Å². The summed E-state index contributed by atoms with van der Waals surface area (Å²) in [4.78, 5) is 5.68. The predicted octanol–water partition coefficient (Wildman–Crippen LogP) is 5.06. The zero-order valence-corrected chi connectivity index (χ0v) is 15.5. The summed E-state index contributed by atoms with van der Waals surface area (Å²) in [5.74, 6) is 0. The van der Waals surface area contributed by atoms with Crippen LogP contribution in [0.1, 0.15) is 34.1 Å². The van der Waals surface area contributed by atoms with E-state index in [1.165, 1.54) is 17.7 Å². The minimum absolute atomic E-state index is 0.295. The summed E-state index contributed by atoms with van der Waals surface area (Å²) >= 11 is 0. The number of hydrogen-bond donors (Lipinski definition) is 2. The Morgan fingerprint density at radius 1 is 1.07 bits per heavy atom. The first-order valence-corrected chi connectivity index (χ1v) is 9.49. The molecule has 0 fully saturated rings. The number of halogens is 3. The first-order chi connectivity index (χ1) is 14.0. The lowest BCUT2D eigenvalue weighted by atomic mass is 9.91. The molecule has 4 nitrogen and oxygen atoms in total. The highest BCUT2D eigenvalue weighted by Crippen LogP contribution is 2.40. The van der Waals surface area contributed by atoms with Gasteiger partial charge >= 0.3 is 6.18 Å². The molecule has 0 bridgehead atoms. The Balaban J connectivity index is 1.65. The van der Waals surface area contributed by atoms with Gasteiger partial charge in [0.2, 0.25) is 0 Å². The first-order valence-electron chi connectivity index (χ1n) is 9.49. The maximum Gasteiger partial charge on any atom is 0.416 e. The van der Waals surface area contributed by atoms with E-state index in [1.54, 1.807) is 12.3 Å².